The number of benzene rings is 1. The Labute approximate surface area is 98.1 Å². The molecular formula is C14H21NO. The number of Topliss-reactive ketones (excluding diaryl/α,β-unsaturated/α-hetero) is 1. The standard InChI is InChI=1S/C14H21NO/c1-9-7-11(3)12(8-10(9)2)13(16)14(4,5)15-6/h7-8,15H,1-6H3. The maximum absolute atomic E-state index is 12.3. The first-order chi connectivity index (χ1) is 7.29. The molecule has 0 spiro atoms. The van der Waals surface area contributed by atoms with Gasteiger partial charge in [-0.2, -0.15) is 0 Å². The van der Waals surface area contributed by atoms with Gasteiger partial charge in [0, 0.05) is 5.56 Å². The fourth-order valence-corrected chi connectivity index (χ4v) is 1.66. The second kappa shape index (κ2) is 4.38. The highest BCUT2D eigenvalue weighted by Crippen LogP contribution is 2.20. The Morgan fingerprint density at radius 1 is 1.06 bits per heavy atom. The highest BCUT2D eigenvalue weighted by atomic mass is 16.1. The molecule has 0 aliphatic carbocycles. The lowest BCUT2D eigenvalue weighted by atomic mass is 9.89. The van der Waals surface area contributed by atoms with E-state index in [4.69, 9.17) is 0 Å². The zero-order valence-corrected chi connectivity index (χ0v) is 11.1. The fourth-order valence-electron chi connectivity index (χ4n) is 1.66. The number of likely N-dealkylation sites (N-methyl/N-ethyl adjacent to an activating group) is 1. The molecule has 2 nitrogen and oxygen atoms in total. The molecule has 0 heterocycles. The van der Waals surface area contributed by atoms with E-state index in [1.54, 1.807) is 0 Å². The summed E-state index contributed by atoms with van der Waals surface area (Å²) in [6, 6.07) is 4.07. The smallest absolute Gasteiger partial charge is 0.182 e. The molecule has 0 atom stereocenters. The van der Waals surface area contributed by atoms with Crippen LogP contribution in [0.25, 0.3) is 0 Å². The first-order valence-corrected chi connectivity index (χ1v) is 5.61. The molecule has 1 aromatic rings. The van der Waals surface area contributed by atoms with Gasteiger partial charge in [-0.25, -0.2) is 0 Å². The van der Waals surface area contributed by atoms with Gasteiger partial charge in [-0.1, -0.05) is 6.07 Å². The summed E-state index contributed by atoms with van der Waals surface area (Å²) in [6.45, 7) is 9.91. The van der Waals surface area contributed by atoms with E-state index >= 15 is 0 Å². The minimum atomic E-state index is -0.507. The number of nitrogens with one attached hydrogen (secondary N) is 1. The Morgan fingerprint density at radius 2 is 1.56 bits per heavy atom. The van der Waals surface area contributed by atoms with Crippen LogP contribution in [-0.2, 0) is 0 Å². The monoisotopic (exact) mass is 219 g/mol. The predicted molar refractivity (Wildman–Crippen MR) is 68.1 cm³/mol. The number of rotatable bonds is 3. The third-order valence-electron chi connectivity index (χ3n) is 3.28. The van der Waals surface area contributed by atoms with Crippen molar-refractivity contribution in [2.45, 2.75) is 40.2 Å². The van der Waals surface area contributed by atoms with Crippen molar-refractivity contribution in [1.82, 2.24) is 5.32 Å². The van der Waals surface area contributed by atoms with Gasteiger partial charge in [-0.15, -0.1) is 0 Å². The third-order valence-corrected chi connectivity index (χ3v) is 3.28. The molecule has 0 radical (unpaired) electrons. The molecule has 0 aliphatic rings. The van der Waals surface area contributed by atoms with Crippen molar-refractivity contribution in [3.05, 3.63) is 34.4 Å². The van der Waals surface area contributed by atoms with E-state index in [2.05, 4.69) is 18.3 Å². The molecule has 0 saturated heterocycles. The van der Waals surface area contributed by atoms with Crippen molar-refractivity contribution < 1.29 is 4.79 Å². The minimum absolute atomic E-state index is 0.149. The van der Waals surface area contributed by atoms with Crippen LogP contribution >= 0.6 is 0 Å². The summed E-state index contributed by atoms with van der Waals surface area (Å²) < 4.78 is 0. The Morgan fingerprint density at radius 3 is 2.06 bits per heavy atom. The van der Waals surface area contributed by atoms with Crippen LogP contribution in [0.15, 0.2) is 12.1 Å². The molecule has 1 N–H and O–H groups in total. The lowest BCUT2D eigenvalue weighted by molar-refractivity contribution is 0.0889. The zero-order chi connectivity index (χ0) is 12.5. The summed E-state index contributed by atoms with van der Waals surface area (Å²) in [7, 11) is 1.81. The van der Waals surface area contributed by atoms with Crippen LogP contribution < -0.4 is 5.32 Å². The van der Waals surface area contributed by atoms with E-state index in [-0.39, 0.29) is 5.78 Å². The van der Waals surface area contributed by atoms with Crippen molar-refractivity contribution in [2.75, 3.05) is 7.05 Å². The van der Waals surface area contributed by atoms with Crippen molar-refractivity contribution >= 4 is 5.78 Å². The van der Waals surface area contributed by atoms with E-state index in [9.17, 15) is 4.79 Å². The van der Waals surface area contributed by atoms with Gasteiger partial charge in [0.2, 0.25) is 0 Å². The summed E-state index contributed by atoms with van der Waals surface area (Å²) in [5.74, 6) is 0.149. The van der Waals surface area contributed by atoms with E-state index in [1.165, 1.54) is 11.1 Å². The van der Waals surface area contributed by atoms with Crippen molar-refractivity contribution in [3.63, 3.8) is 0 Å². The first kappa shape index (κ1) is 12.9. The van der Waals surface area contributed by atoms with Crippen LogP contribution in [0.2, 0.25) is 0 Å². The molecule has 0 unspecified atom stereocenters. The lowest BCUT2D eigenvalue weighted by Crippen LogP contribution is -2.44. The maximum atomic E-state index is 12.3. The van der Waals surface area contributed by atoms with Gasteiger partial charge in [0.1, 0.15) is 0 Å². The van der Waals surface area contributed by atoms with Crippen LogP contribution in [0.3, 0.4) is 0 Å². The topological polar surface area (TPSA) is 29.1 Å². The third kappa shape index (κ3) is 2.33. The molecule has 16 heavy (non-hydrogen) atoms. The van der Waals surface area contributed by atoms with Gasteiger partial charge >= 0.3 is 0 Å². The van der Waals surface area contributed by atoms with Crippen LogP contribution in [0.4, 0.5) is 0 Å². The number of hydrogen-bond donors (Lipinski definition) is 1. The number of ketones is 1. The second-order valence-corrected chi connectivity index (χ2v) is 4.96. The Kier molecular flexibility index (Phi) is 3.54. The van der Waals surface area contributed by atoms with Gasteiger partial charge in [0.05, 0.1) is 5.54 Å². The molecule has 1 rings (SSSR count). The highest BCUT2D eigenvalue weighted by Gasteiger charge is 2.27. The normalized spacial score (nSPS) is 11.6. The van der Waals surface area contributed by atoms with Crippen molar-refractivity contribution in [1.29, 1.82) is 0 Å². The van der Waals surface area contributed by atoms with Crippen LogP contribution in [-0.4, -0.2) is 18.4 Å². The molecule has 0 fully saturated rings. The SMILES string of the molecule is CNC(C)(C)C(=O)c1cc(C)c(C)cc1C. The minimum Gasteiger partial charge on any atom is -0.308 e. The van der Waals surface area contributed by atoms with Crippen LogP contribution in [0.5, 0.6) is 0 Å². The predicted octanol–water partition coefficient (Wildman–Crippen LogP) is 2.79. The van der Waals surface area contributed by atoms with Crippen LogP contribution in [0, 0.1) is 20.8 Å². The molecule has 2 heteroatoms. The van der Waals surface area contributed by atoms with Gasteiger partial charge < -0.3 is 5.32 Å². The number of carbonyl (C=O) groups excluding carboxylic acids is 1. The van der Waals surface area contributed by atoms with E-state index in [0.29, 0.717) is 0 Å². The largest absolute Gasteiger partial charge is 0.308 e. The maximum Gasteiger partial charge on any atom is 0.182 e. The number of aryl methyl sites for hydroxylation is 3. The molecule has 0 amide bonds. The van der Waals surface area contributed by atoms with E-state index in [0.717, 1.165) is 11.1 Å². The average Bonchev–Trinajstić information content (AvgIpc) is 2.22. The van der Waals surface area contributed by atoms with Crippen LogP contribution in [0.1, 0.15) is 40.9 Å². The van der Waals surface area contributed by atoms with Gasteiger partial charge in [-0.05, 0) is 64.4 Å². The molecule has 0 aliphatic heterocycles. The van der Waals surface area contributed by atoms with Crippen molar-refractivity contribution in [2.24, 2.45) is 0 Å². The Balaban J connectivity index is 3.25. The number of carbonyl (C=O) groups is 1. The van der Waals surface area contributed by atoms with E-state index in [1.807, 2.05) is 40.8 Å². The Bertz CT molecular complexity index is 419. The quantitative estimate of drug-likeness (QED) is 0.792. The zero-order valence-electron chi connectivity index (χ0n) is 11.1. The molecule has 0 bridgehead atoms. The average molecular weight is 219 g/mol. The molecular weight excluding hydrogens is 198 g/mol. The summed E-state index contributed by atoms with van der Waals surface area (Å²) in [5.41, 5.74) is 3.77. The fraction of sp³-hybridized carbons (Fsp3) is 0.500. The first-order valence-electron chi connectivity index (χ1n) is 5.61. The second-order valence-electron chi connectivity index (χ2n) is 4.96. The molecule has 88 valence electrons. The summed E-state index contributed by atoms with van der Waals surface area (Å²) in [6.07, 6.45) is 0. The summed E-state index contributed by atoms with van der Waals surface area (Å²) in [4.78, 5) is 12.3. The lowest BCUT2D eigenvalue weighted by Gasteiger charge is -2.23. The Hall–Kier alpha value is -1.15. The summed E-state index contributed by atoms with van der Waals surface area (Å²) >= 11 is 0. The van der Waals surface area contributed by atoms with Gasteiger partial charge in [0.25, 0.3) is 0 Å². The molecule has 1 aromatic carbocycles. The van der Waals surface area contributed by atoms with E-state index < -0.39 is 5.54 Å². The molecule has 0 saturated carbocycles. The highest BCUT2D eigenvalue weighted by molar-refractivity contribution is 6.04. The molecule has 0 aromatic heterocycles. The van der Waals surface area contributed by atoms with Gasteiger partial charge in [-0.3, -0.25) is 4.79 Å². The number of hydrogen-bond acceptors (Lipinski definition) is 2. The summed E-state index contributed by atoms with van der Waals surface area (Å²) in [5, 5.41) is 3.05. The van der Waals surface area contributed by atoms with Crippen molar-refractivity contribution in [3.8, 4) is 0 Å². The van der Waals surface area contributed by atoms with Gasteiger partial charge in [0.15, 0.2) is 5.78 Å².